The van der Waals surface area contributed by atoms with Gasteiger partial charge in [-0.05, 0) is 50.0 Å². The fourth-order valence-electron chi connectivity index (χ4n) is 4.89. The lowest BCUT2D eigenvalue weighted by Gasteiger charge is -2.38. The van der Waals surface area contributed by atoms with Gasteiger partial charge in [0.1, 0.15) is 24.7 Å². The van der Waals surface area contributed by atoms with Crippen molar-refractivity contribution in [2.24, 2.45) is 10.8 Å². The smallest absolute Gasteiger partial charge is 0.338 e. The Kier molecular flexibility index (Phi) is 9.12. The van der Waals surface area contributed by atoms with E-state index in [0.29, 0.717) is 5.56 Å². The van der Waals surface area contributed by atoms with Gasteiger partial charge in [-0.3, -0.25) is 10.0 Å². The molecule has 13 heteroatoms. The van der Waals surface area contributed by atoms with E-state index in [9.17, 15) is 14.4 Å². The van der Waals surface area contributed by atoms with Crippen LogP contribution in [0.1, 0.15) is 38.0 Å². The van der Waals surface area contributed by atoms with E-state index >= 15 is 0 Å². The van der Waals surface area contributed by atoms with Crippen LogP contribution in [-0.2, 0) is 18.9 Å². The molecule has 1 aliphatic heterocycles. The maximum absolute atomic E-state index is 13.5. The van der Waals surface area contributed by atoms with Gasteiger partial charge in [0, 0.05) is 0 Å². The van der Waals surface area contributed by atoms with Crippen molar-refractivity contribution in [3.63, 3.8) is 0 Å². The minimum Gasteiger partial charge on any atom is -0.459 e. The predicted molar refractivity (Wildman–Crippen MR) is 164 cm³/mol. The van der Waals surface area contributed by atoms with Gasteiger partial charge in [-0.25, -0.2) is 30.2 Å². The predicted octanol–water partition coefficient (Wildman–Crippen LogP) is 3.49. The lowest BCUT2D eigenvalue weighted by atomic mass is 9.95. The first kappa shape index (κ1) is 30.8. The number of hydrogen-bond donors (Lipinski definition) is 2. The van der Waals surface area contributed by atoms with Crippen molar-refractivity contribution in [3.05, 3.63) is 114 Å². The maximum atomic E-state index is 13.5. The Balaban J connectivity index is 1.56. The molecule has 45 heavy (non-hydrogen) atoms. The molecule has 1 aromatic heterocycles. The van der Waals surface area contributed by atoms with Crippen LogP contribution in [0.5, 0.6) is 0 Å². The Morgan fingerprint density at radius 1 is 0.889 bits per heavy atom. The monoisotopic (exact) mass is 610 g/mol. The fraction of sp³-hybridized carbons (Fsp3) is 0.188. The first-order valence-corrected chi connectivity index (χ1v) is 13.8. The van der Waals surface area contributed by atoms with Crippen LogP contribution >= 0.6 is 0 Å². The van der Waals surface area contributed by atoms with Crippen LogP contribution in [0.15, 0.2) is 102 Å². The number of nitrogen functional groups attached to an aromatic ring is 1. The highest BCUT2D eigenvalue weighted by Gasteiger charge is 2.61. The summed E-state index contributed by atoms with van der Waals surface area (Å²) < 4.78 is 24.0. The van der Waals surface area contributed by atoms with Gasteiger partial charge < -0.3 is 24.7 Å². The Hall–Kier alpha value is -5.66. The van der Waals surface area contributed by atoms with E-state index < -0.39 is 48.6 Å². The molecule has 0 radical (unpaired) electrons. The summed E-state index contributed by atoms with van der Waals surface area (Å²) in [5.74, 6) is 4.40. The molecule has 1 saturated heterocycles. The molecule has 0 unspecified atom stereocenters. The molecule has 2 heterocycles. The molecule has 13 nitrogen and oxygen atoms in total. The minimum atomic E-state index is -1.83. The second kappa shape index (κ2) is 13.3. The summed E-state index contributed by atoms with van der Waals surface area (Å²) in [4.78, 5) is 51.8. The van der Waals surface area contributed by atoms with Crippen molar-refractivity contribution in [3.8, 4) is 0 Å². The Bertz CT molecular complexity index is 1680. The van der Waals surface area contributed by atoms with Crippen LogP contribution in [0.2, 0.25) is 0 Å². The van der Waals surface area contributed by atoms with Crippen LogP contribution in [0, 0.1) is 0 Å². The molecule has 0 aliphatic carbocycles. The number of carbonyl (C=O) groups is 3. The van der Waals surface area contributed by atoms with Gasteiger partial charge in [0.15, 0.2) is 29.6 Å². The number of anilines is 2. The summed E-state index contributed by atoms with van der Waals surface area (Å²) in [5, 5.41) is 1.03. The molecular weight excluding hydrogens is 580 g/mol. The van der Waals surface area contributed by atoms with E-state index in [1.807, 2.05) is 0 Å². The van der Waals surface area contributed by atoms with E-state index in [1.165, 1.54) is 6.92 Å². The van der Waals surface area contributed by atoms with E-state index in [-0.39, 0.29) is 28.5 Å². The zero-order chi connectivity index (χ0) is 32.0. The number of nitrogens with two attached hydrogens (primary N) is 2. The summed E-state index contributed by atoms with van der Waals surface area (Å²) in [6, 6.07) is 24.7. The van der Waals surface area contributed by atoms with E-state index in [0.717, 1.165) is 11.3 Å². The quantitative estimate of drug-likeness (QED) is 0.0878. The first-order chi connectivity index (χ1) is 21.7. The normalized spacial score (nSPS) is 20.5. The van der Waals surface area contributed by atoms with Crippen LogP contribution in [0.25, 0.3) is 0 Å². The molecule has 4 atom stereocenters. The third kappa shape index (κ3) is 6.49. The zero-order valence-electron chi connectivity index (χ0n) is 24.2. The summed E-state index contributed by atoms with van der Waals surface area (Å²) >= 11 is 0. The molecule has 230 valence electrons. The largest absolute Gasteiger partial charge is 0.459 e. The number of esters is 3. The fourth-order valence-corrected chi connectivity index (χ4v) is 4.89. The number of carbonyl (C=O) groups excluding carboxylic acids is 3. The van der Waals surface area contributed by atoms with E-state index in [1.54, 1.807) is 91.0 Å². The molecule has 1 aliphatic rings. The van der Waals surface area contributed by atoms with Crippen molar-refractivity contribution in [1.29, 1.82) is 0 Å². The van der Waals surface area contributed by atoms with Gasteiger partial charge >= 0.3 is 17.9 Å². The summed E-state index contributed by atoms with van der Waals surface area (Å²) in [7, 11) is 0. The number of aliphatic imine (C=N–C) groups is 1. The lowest BCUT2D eigenvalue weighted by molar-refractivity contribution is -0.0882. The number of aromatic nitrogens is 2. The number of hydrogen-bond acceptors (Lipinski definition) is 13. The zero-order valence-corrected chi connectivity index (χ0v) is 24.2. The molecular formula is C32H30N6O7. The average Bonchev–Trinajstić information content (AvgIpc) is 3.34. The molecule has 0 amide bonds. The van der Waals surface area contributed by atoms with Crippen LogP contribution < -0.4 is 16.6 Å². The SMILES string of the molecule is C=Nc1c(N)ncnc1N(N)[C@@H]1O[C@H](COC(=O)c2ccccc2)[C@@H](OC(=O)c2ccccc2)[C@@]1(C)OC(=O)c1ccccc1. The van der Waals surface area contributed by atoms with Crippen molar-refractivity contribution in [2.75, 3.05) is 17.3 Å². The van der Waals surface area contributed by atoms with Crippen molar-refractivity contribution in [1.82, 2.24) is 9.97 Å². The van der Waals surface area contributed by atoms with Crippen LogP contribution in [0.4, 0.5) is 17.3 Å². The third-order valence-corrected chi connectivity index (χ3v) is 7.14. The summed E-state index contributed by atoms with van der Waals surface area (Å²) in [6.45, 7) is 4.61. The highest BCUT2D eigenvalue weighted by atomic mass is 16.7. The van der Waals surface area contributed by atoms with Gasteiger partial charge in [-0.1, -0.05) is 54.6 Å². The summed E-state index contributed by atoms with van der Waals surface area (Å²) in [6.07, 6.45) is -2.74. The summed E-state index contributed by atoms with van der Waals surface area (Å²) in [5.41, 5.74) is 4.94. The highest BCUT2D eigenvalue weighted by Crippen LogP contribution is 2.42. The van der Waals surface area contributed by atoms with Gasteiger partial charge in [-0.2, -0.15) is 0 Å². The molecule has 0 spiro atoms. The first-order valence-electron chi connectivity index (χ1n) is 13.8. The molecule has 1 fully saturated rings. The second-order valence-electron chi connectivity index (χ2n) is 10.1. The average molecular weight is 611 g/mol. The molecule has 0 bridgehead atoms. The van der Waals surface area contributed by atoms with Gasteiger partial charge in [0.25, 0.3) is 0 Å². The highest BCUT2D eigenvalue weighted by molar-refractivity contribution is 5.91. The molecule has 5 rings (SSSR count). The molecule has 4 N–H and O–H groups in total. The van der Waals surface area contributed by atoms with Gasteiger partial charge in [0.05, 0.1) is 16.7 Å². The minimum absolute atomic E-state index is 0.0143. The second-order valence-corrected chi connectivity index (χ2v) is 10.1. The van der Waals surface area contributed by atoms with Crippen molar-refractivity contribution < 1.29 is 33.3 Å². The van der Waals surface area contributed by atoms with Crippen LogP contribution in [-0.4, -0.2) is 65.2 Å². The number of hydrazine groups is 1. The maximum Gasteiger partial charge on any atom is 0.338 e. The standard InChI is InChI=1S/C32H30N6O7/c1-32(45-30(41)22-16-10-5-11-17-22)25(44-29(40)21-14-8-4-9-15-21)23(18-42-28(39)20-12-6-3-7-13-20)43-31(32)38(34)27-24(35-2)26(33)36-19-37-27/h3-17,19,23,25,31H,2,18,34H2,1H3,(H2,33,36,37)/t23-,25-,31-,32-/m1/s1. The van der Waals surface area contributed by atoms with Gasteiger partial charge in [-0.15, -0.1) is 0 Å². The Labute approximate surface area is 258 Å². The molecule has 3 aromatic carbocycles. The van der Waals surface area contributed by atoms with Crippen molar-refractivity contribution in [2.45, 2.75) is 31.0 Å². The molecule has 4 aromatic rings. The van der Waals surface area contributed by atoms with Crippen molar-refractivity contribution >= 4 is 41.9 Å². The number of rotatable bonds is 10. The van der Waals surface area contributed by atoms with Crippen LogP contribution in [0.3, 0.4) is 0 Å². The topological polar surface area (TPSA) is 182 Å². The Morgan fingerprint density at radius 3 is 1.98 bits per heavy atom. The Morgan fingerprint density at radius 2 is 1.42 bits per heavy atom. The number of nitrogens with zero attached hydrogens (tertiary/aromatic N) is 4. The molecule has 0 saturated carbocycles. The number of benzene rings is 3. The lowest BCUT2D eigenvalue weighted by Crippen LogP contribution is -2.59. The number of ether oxygens (including phenoxy) is 4. The third-order valence-electron chi connectivity index (χ3n) is 7.14. The van der Waals surface area contributed by atoms with Gasteiger partial charge in [0.2, 0.25) is 0 Å². The van der Waals surface area contributed by atoms with E-state index in [2.05, 4.69) is 21.7 Å². The van der Waals surface area contributed by atoms with E-state index in [4.69, 9.17) is 30.5 Å².